The molecule has 0 aliphatic rings. The van der Waals surface area contributed by atoms with Gasteiger partial charge in [0.25, 0.3) is 0 Å². The number of ether oxygens (including phenoxy) is 1. The van der Waals surface area contributed by atoms with Crippen LogP contribution in [-0.4, -0.2) is 4.98 Å². The minimum atomic E-state index is 0.539. The molecule has 4 aromatic carbocycles. The molecule has 0 spiro atoms. The van der Waals surface area contributed by atoms with Crippen LogP contribution in [0.4, 0.5) is 0 Å². The molecule has 0 fully saturated rings. The number of pyridine rings is 1. The van der Waals surface area contributed by atoms with Crippen molar-refractivity contribution in [1.29, 1.82) is 0 Å². The van der Waals surface area contributed by atoms with E-state index in [1.54, 1.807) is 0 Å². The molecule has 0 saturated heterocycles. The number of hydrogen-bond donors (Lipinski definition) is 0. The lowest BCUT2D eigenvalue weighted by Gasteiger charge is -2.17. The van der Waals surface area contributed by atoms with Crippen molar-refractivity contribution in [2.45, 2.75) is 27.1 Å². The third-order valence-corrected chi connectivity index (χ3v) is 6.24. The van der Waals surface area contributed by atoms with Gasteiger partial charge in [-0.2, -0.15) is 0 Å². The predicted octanol–water partition coefficient (Wildman–Crippen LogP) is 7.90. The molecular weight excluding hydrogens is 402 g/mol. The molecule has 0 N–H and O–H groups in total. The van der Waals surface area contributed by atoms with Crippen molar-refractivity contribution in [3.63, 3.8) is 0 Å². The van der Waals surface area contributed by atoms with Crippen LogP contribution in [0.2, 0.25) is 0 Å². The van der Waals surface area contributed by atoms with Crippen LogP contribution in [0.25, 0.3) is 33.2 Å². The summed E-state index contributed by atoms with van der Waals surface area (Å²) in [5.74, 6) is 0. The standard InChI is InChI=1S/C31H27NO/c1-22-11-10-17-29(28-16-8-7-15-27(28)24-12-4-3-5-13-24)30(22)21-33-20-26-19-25-14-6-9-18-31(25)32-23(26)2/h3-19H,20-21H2,1-2H3. The Morgan fingerprint density at radius 3 is 2.18 bits per heavy atom. The summed E-state index contributed by atoms with van der Waals surface area (Å²) in [5.41, 5.74) is 10.6. The van der Waals surface area contributed by atoms with Crippen molar-refractivity contribution in [3.8, 4) is 22.3 Å². The van der Waals surface area contributed by atoms with Crippen LogP contribution < -0.4 is 0 Å². The fourth-order valence-corrected chi connectivity index (χ4v) is 4.40. The van der Waals surface area contributed by atoms with Crippen molar-refractivity contribution >= 4 is 10.9 Å². The molecule has 1 heterocycles. The molecule has 0 unspecified atom stereocenters. The molecule has 0 atom stereocenters. The van der Waals surface area contributed by atoms with E-state index in [1.807, 2.05) is 12.1 Å². The van der Waals surface area contributed by atoms with Gasteiger partial charge in [-0.15, -0.1) is 0 Å². The average Bonchev–Trinajstić information content (AvgIpc) is 2.86. The topological polar surface area (TPSA) is 22.1 Å². The Bertz CT molecular complexity index is 1410. The molecule has 0 aliphatic carbocycles. The summed E-state index contributed by atoms with van der Waals surface area (Å²) in [4.78, 5) is 4.75. The molecule has 33 heavy (non-hydrogen) atoms. The second-order valence-corrected chi connectivity index (χ2v) is 8.43. The molecule has 0 amide bonds. The summed E-state index contributed by atoms with van der Waals surface area (Å²) < 4.78 is 6.28. The second-order valence-electron chi connectivity index (χ2n) is 8.43. The van der Waals surface area contributed by atoms with Gasteiger partial charge in [0, 0.05) is 11.1 Å². The number of benzene rings is 4. The maximum Gasteiger partial charge on any atom is 0.0739 e. The summed E-state index contributed by atoms with van der Waals surface area (Å²) in [6.07, 6.45) is 0. The van der Waals surface area contributed by atoms with Gasteiger partial charge in [0.15, 0.2) is 0 Å². The third kappa shape index (κ3) is 4.44. The molecule has 0 aliphatic heterocycles. The highest BCUT2D eigenvalue weighted by Gasteiger charge is 2.13. The van der Waals surface area contributed by atoms with E-state index in [4.69, 9.17) is 9.72 Å². The molecule has 0 bridgehead atoms. The maximum absolute atomic E-state index is 6.28. The number of aryl methyl sites for hydroxylation is 2. The van der Waals surface area contributed by atoms with Gasteiger partial charge in [-0.25, -0.2) is 0 Å². The van der Waals surface area contributed by atoms with Crippen molar-refractivity contribution in [3.05, 3.63) is 126 Å². The highest BCUT2D eigenvalue weighted by molar-refractivity contribution is 5.85. The Kier molecular flexibility index (Phi) is 6.01. The van der Waals surface area contributed by atoms with E-state index >= 15 is 0 Å². The normalized spacial score (nSPS) is 11.1. The monoisotopic (exact) mass is 429 g/mol. The minimum Gasteiger partial charge on any atom is -0.372 e. The Labute approximate surface area is 195 Å². The zero-order valence-corrected chi connectivity index (χ0v) is 19.1. The van der Waals surface area contributed by atoms with E-state index < -0.39 is 0 Å². The van der Waals surface area contributed by atoms with E-state index in [2.05, 4.69) is 105 Å². The lowest BCUT2D eigenvalue weighted by atomic mass is 9.90. The molecule has 162 valence electrons. The Morgan fingerprint density at radius 1 is 0.636 bits per heavy atom. The number of fused-ring (bicyclic) bond motifs is 1. The van der Waals surface area contributed by atoms with Gasteiger partial charge in [-0.1, -0.05) is 91.0 Å². The molecule has 0 radical (unpaired) electrons. The van der Waals surface area contributed by atoms with E-state index in [9.17, 15) is 0 Å². The zero-order valence-electron chi connectivity index (χ0n) is 19.1. The molecule has 2 heteroatoms. The number of hydrogen-bond acceptors (Lipinski definition) is 2. The van der Waals surface area contributed by atoms with Crippen LogP contribution >= 0.6 is 0 Å². The van der Waals surface area contributed by atoms with Crippen LogP contribution in [0.15, 0.2) is 103 Å². The largest absolute Gasteiger partial charge is 0.372 e. The number of rotatable bonds is 6. The second kappa shape index (κ2) is 9.40. The van der Waals surface area contributed by atoms with Crippen LogP contribution in [0.3, 0.4) is 0 Å². The van der Waals surface area contributed by atoms with Gasteiger partial charge < -0.3 is 4.74 Å². The van der Waals surface area contributed by atoms with Crippen molar-refractivity contribution in [2.24, 2.45) is 0 Å². The van der Waals surface area contributed by atoms with Gasteiger partial charge >= 0.3 is 0 Å². The lowest BCUT2D eigenvalue weighted by Crippen LogP contribution is -2.02. The third-order valence-electron chi connectivity index (χ3n) is 6.24. The van der Waals surface area contributed by atoms with Crippen LogP contribution in [0, 0.1) is 13.8 Å². The molecule has 5 aromatic rings. The average molecular weight is 430 g/mol. The lowest BCUT2D eigenvalue weighted by molar-refractivity contribution is 0.106. The Balaban J connectivity index is 1.45. The van der Waals surface area contributed by atoms with Crippen LogP contribution in [0.5, 0.6) is 0 Å². The fourth-order valence-electron chi connectivity index (χ4n) is 4.40. The molecule has 2 nitrogen and oxygen atoms in total. The van der Waals surface area contributed by atoms with E-state index in [1.165, 1.54) is 33.4 Å². The van der Waals surface area contributed by atoms with Crippen molar-refractivity contribution in [2.75, 3.05) is 0 Å². The van der Waals surface area contributed by atoms with Crippen LogP contribution in [-0.2, 0) is 18.0 Å². The van der Waals surface area contributed by atoms with E-state index in [0.29, 0.717) is 13.2 Å². The number of nitrogens with zero attached hydrogens (tertiary/aromatic N) is 1. The molecule has 5 rings (SSSR count). The van der Waals surface area contributed by atoms with Gasteiger partial charge in [-0.3, -0.25) is 4.98 Å². The molecular formula is C31H27NO. The van der Waals surface area contributed by atoms with Crippen molar-refractivity contribution < 1.29 is 4.74 Å². The predicted molar refractivity (Wildman–Crippen MR) is 137 cm³/mol. The Hall–Kier alpha value is -3.75. The summed E-state index contributed by atoms with van der Waals surface area (Å²) >= 11 is 0. The van der Waals surface area contributed by atoms with Crippen molar-refractivity contribution in [1.82, 2.24) is 4.98 Å². The zero-order chi connectivity index (χ0) is 22.6. The van der Waals surface area contributed by atoms with Gasteiger partial charge in [0.1, 0.15) is 0 Å². The summed E-state index contributed by atoms with van der Waals surface area (Å²) in [6.45, 7) is 5.31. The summed E-state index contributed by atoms with van der Waals surface area (Å²) in [5, 5.41) is 1.15. The van der Waals surface area contributed by atoms with Gasteiger partial charge in [0.2, 0.25) is 0 Å². The number of para-hydroxylation sites is 1. The number of aromatic nitrogens is 1. The highest BCUT2D eigenvalue weighted by atomic mass is 16.5. The van der Waals surface area contributed by atoms with Crippen LogP contribution in [0.1, 0.15) is 22.4 Å². The summed E-state index contributed by atoms with van der Waals surface area (Å²) in [7, 11) is 0. The smallest absolute Gasteiger partial charge is 0.0739 e. The first-order valence-corrected chi connectivity index (χ1v) is 11.4. The minimum absolute atomic E-state index is 0.539. The fraction of sp³-hybridized carbons (Fsp3) is 0.129. The summed E-state index contributed by atoms with van der Waals surface area (Å²) in [6, 6.07) is 36.1. The maximum atomic E-state index is 6.28. The molecule has 0 saturated carbocycles. The Morgan fingerprint density at radius 2 is 1.33 bits per heavy atom. The van der Waals surface area contributed by atoms with Gasteiger partial charge in [-0.05, 0) is 64.9 Å². The van der Waals surface area contributed by atoms with E-state index in [-0.39, 0.29) is 0 Å². The van der Waals surface area contributed by atoms with Gasteiger partial charge in [0.05, 0.1) is 18.7 Å². The first kappa shape index (κ1) is 21.1. The van der Waals surface area contributed by atoms with E-state index in [0.717, 1.165) is 22.2 Å². The molecule has 1 aromatic heterocycles. The first-order chi connectivity index (χ1) is 16.2. The highest BCUT2D eigenvalue weighted by Crippen LogP contribution is 2.35. The first-order valence-electron chi connectivity index (χ1n) is 11.4. The quantitative estimate of drug-likeness (QED) is 0.274. The SMILES string of the molecule is Cc1cccc(-c2ccccc2-c2ccccc2)c1COCc1cc2ccccc2nc1C.